The minimum Gasteiger partial charge on any atom is -0.298 e. The van der Waals surface area contributed by atoms with Crippen LogP contribution in [-0.2, 0) is 0 Å². The quantitative estimate of drug-likeness (QED) is 0.828. The van der Waals surface area contributed by atoms with Crippen LogP contribution in [0.3, 0.4) is 0 Å². The van der Waals surface area contributed by atoms with E-state index >= 15 is 0 Å². The topological polar surface area (TPSA) is 41.1 Å². The van der Waals surface area contributed by atoms with Gasteiger partial charge in [-0.3, -0.25) is 15.6 Å². The Bertz CT molecular complexity index is 544. The standard InChI is InChI=1S/C14H14N2OS/c1-10-5-7-12(8-6-10)11(2)15-16-14(17)13-4-3-9-18-13/h3-9,15H,2H2,1H3,(H,16,17). The first-order valence-corrected chi connectivity index (χ1v) is 6.40. The van der Waals surface area contributed by atoms with E-state index in [9.17, 15) is 4.79 Å². The van der Waals surface area contributed by atoms with E-state index in [0.717, 1.165) is 5.56 Å². The number of hydrogen-bond donors (Lipinski definition) is 2. The Morgan fingerprint density at radius 2 is 1.89 bits per heavy atom. The SMILES string of the molecule is C=C(NNC(=O)c1cccs1)c1ccc(C)cc1. The van der Waals surface area contributed by atoms with Crippen LogP contribution in [0, 0.1) is 6.92 Å². The van der Waals surface area contributed by atoms with Gasteiger partial charge in [-0.15, -0.1) is 11.3 Å². The lowest BCUT2D eigenvalue weighted by atomic mass is 10.1. The van der Waals surface area contributed by atoms with Crippen molar-refractivity contribution in [3.63, 3.8) is 0 Å². The lowest BCUT2D eigenvalue weighted by molar-refractivity contribution is 0.0946. The molecule has 0 aliphatic heterocycles. The van der Waals surface area contributed by atoms with E-state index in [2.05, 4.69) is 17.4 Å². The number of hydrazine groups is 1. The second-order valence-corrected chi connectivity index (χ2v) is 4.85. The van der Waals surface area contributed by atoms with Gasteiger partial charge in [0.25, 0.3) is 5.91 Å². The zero-order chi connectivity index (χ0) is 13.0. The molecule has 0 unspecified atom stereocenters. The number of carbonyl (C=O) groups excluding carboxylic acids is 1. The molecule has 3 nitrogen and oxygen atoms in total. The van der Waals surface area contributed by atoms with Crippen molar-refractivity contribution in [3.05, 3.63) is 64.4 Å². The summed E-state index contributed by atoms with van der Waals surface area (Å²) in [6.45, 7) is 5.91. The Hall–Kier alpha value is -2.07. The molecular weight excluding hydrogens is 244 g/mol. The molecule has 0 aliphatic rings. The van der Waals surface area contributed by atoms with Gasteiger partial charge < -0.3 is 0 Å². The van der Waals surface area contributed by atoms with Gasteiger partial charge in [0.2, 0.25) is 0 Å². The third-order valence-corrected chi connectivity index (χ3v) is 3.34. The third kappa shape index (κ3) is 2.99. The van der Waals surface area contributed by atoms with Gasteiger partial charge in [0, 0.05) is 0 Å². The summed E-state index contributed by atoms with van der Waals surface area (Å²) in [5.41, 5.74) is 8.25. The molecule has 0 saturated heterocycles. The highest BCUT2D eigenvalue weighted by atomic mass is 32.1. The van der Waals surface area contributed by atoms with E-state index in [1.54, 1.807) is 6.07 Å². The van der Waals surface area contributed by atoms with Crippen molar-refractivity contribution in [2.75, 3.05) is 0 Å². The first kappa shape index (κ1) is 12.4. The van der Waals surface area contributed by atoms with E-state index in [1.165, 1.54) is 16.9 Å². The molecule has 0 radical (unpaired) electrons. The summed E-state index contributed by atoms with van der Waals surface area (Å²) in [6.07, 6.45) is 0. The average molecular weight is 258 g/mol. The predicted molar refractivity (Wildman–Crippen MR) is 75.1 cm³/mol. The van der Waals surface area contributed by atoms with Crippen molar-refractivity contribution in [2.45, 2.75) is 6.92 Å². The summed E-state index contributed by atoms with van der Waals surface area (Å²) in [5.74, 6) is -0.154. The average Bonchev–Trinajstić information content (AvgIpc) is 2.90. The smallest absolute Gasteiger partial charge is 0.279 e. The van der Waals surface area contributed by atoms with Crippen molar-refractivity contribution < 1.29 is 4.79 Å². The highest BCUT2D eigenvalue weighted by molar-refractivity contribution is 7.12. The molecule has 0 spiro atoms. The van der Waals surface area contributed by atoms with Gasteiger partial charge in [0.15, 0.2) is 0 Å². The molecule has 4 heteroatoms. The molecule has 1 amide bonds. The highest BCUT2D eigenvalue weighted by Gasteiger charge is 2.06. The van der Waals surface area contributed by atoms with Crippen molar-refractivity contribution in [3.8, 4) is 0 Å². The number of amides is 1. The minimum atomic E-state index is -0.154. The molecule has 2 aromatic rings. The second kappa shape index (κ2) is 5.51. The summed E-state index contributed by atoms with van der Waals surface area (Å²) >= 11 is 1.40. The molecule has 0 atom stereocenters. The number of aryl methyl sites for hydroxylation is 1. The molecule has 92 valence electrons. The molecule has 0 saturated carbocycles. The number of rotatable bonds is 4. The van der Waals surface area contributed by atoms with Crippen molar-refractivity contribution in [2.24, 2.45) is 0 Å². The monoisotopic (exact) mass is 258 g/mol. The Kier molecular flexibility index (Phi) is 3.79. The van der Waals surface area contributed by atoms with Crippen LogP contribution in [0.2, 0.25) is 0 Å². The molecular formula is C14H14N2OS. The highest BCUT2D eigenvalue weighted by Crippen LogP contribution is 2.11. The summed E-state index contributed by atoms with van der Waals surface area (Å²) in [6, 6.07) is 11.5. The molecule has 1 aromatic carbocycles. The molecule has 0 bridgehead atoms. The summed E-state index contributed by atoms with van der Waals surface area (Å²) < 4.78 is 0. The zero-order valence-corrected chi connectivity index (χ0v) is 10.9. The number of hydrogen-bond acceptors (Lipinski definition) is 3. The molecule has 18 heavy (non-hydrogen) atoms. The Morgan fingerprint density at radius 3 is 2.50 bits per heavy atom. The zero-order valence-electron chi connectivity index (χ0n) is 10.1. The van der Waals surface area contributed by atoms with Crippen molar-refractivity contribution in [1.29, 1.82) is 0 Å². The third-order valence-electron chi connectivity index (χ3n) is 2.47. The van der Waals surface area contributed by atoms with Crippen LogP contribution in [0.5, 0.6) is 0 Å². The maximum atomic E-state index is 11.7. The Balaban J connectivity index is 1.92. The molecule has 2 rings (SSSR count). The van der Waals surface area contributed by atoms with Crippen LogP contribution < -0.4 is 10.9 Å². The lowest BCUT2D eigenvalue weighted by Gasteiger charge is -2.10. The van der Waals surface area contributed by atoms with Crippen LogP contribution >= 0.6 is 11.3 Å². The van der Waals surface area contributed by atoms with E-state index < -0.39 is 0 Å². The lowest BCUT2D eigenvalue weighted by Crippen LogP contribution is -2.35. The van der Waals surface area contributed by atoms with Crippen molar-refractivity contribution >= 4 is 22.9 Å². The van der Waals surface area contributed by atoms with Gasteiger partial charge >= 0.3 is 0 Å². The summed E-state index contributed by atoms with van der Waals surface area (Å²) in [7, 11) is 0. The second-order valence-electron chi connectivity index (χ2n) is 3.90. The summed E-state index contributed by atoms with van der Waals surface area (Å²) in [4.78, 5) is 12.4. The van der Waals surface area contributed by atoms with Gasteiger partial charge in [-0.1, -0.05) is 42.5 Å². The van der Waals surface area contributed by atoms with Crippen molar-refractivity contribution in [1.82, 2.24) is 10.9 Å². The first-order chi connectivity index (χ1) is 8.66. The molecule has 0 aliphatic carbocycles. The van der Waals surface area contributed by atoms with Gasteiger partial charge in [0.1, 0.15) is 0 Å². The molecule has 1 heterocycles. The normalized spacial score (nSPS) is 9.83. The molecule has 1 aromatic heterocycles. The maximum Gasteiger partial charge on any atom is 0.279 e. The van der Waals surface area contributed by atoms with Gasteiger partial charge in [0.05, 0.1) is 10.6 Å². The van der Waals surface area contributed by atoms with E-state index in [0.29, 0.717) is 10.6 Å². The Morgan fingerprint density at radius 1 is 1.17 bits per heavy atom. The van der Waals surface area contributed by atoms with Crippen LogP contribution in [0.25, 0.3) is 5.70 Å². The van der Waals surface area contributed by atoms with Gasteiger partial charge in [-0.05, 0) is 23.9 Å². The van der Waals surface area contributed by atoms with E-state index in [1.807, 2.05) is 42.6 Å². The fourth-order valence-corrected chi connectivity index (χ4v) is 2.05. The maximum absolute atomic E-state index is 11.7. The largest absolute Gasteiger partial charge is 0.298 e. The minimum absolute atomic E-state index is 0.154. The first-order valence-electron chi connectivity index (χ1n) is 5.52. The fourth-order valence-electron chi connectivity index (χ4n) is 1.43. The summed E-state index contributed by atoms with van der Waals surface area (Å²) in [5, 5.41) is 1.86. The van der Waals surface area contributed by atoms with E-state index in [-0.39, 0.29) is 5.91 Å². The number of carbonyl (C=O) groups is 1. The number of nitrogens with one attached hydrogen (secondary N) is 2. The molecule has 2 N–H and O–H groups in total. The number of thiophene rings is 1. The Labute approximate surface area is 110 Å². The van der Waals surface area contributed by atoms with Crippen LogP contribution in [0.4, 0.5) is 0 Å². The number of benzene rings is 1. The predicted octanol–water partition coefficient (Wildman–Crippen LogP) is 2.96. The van der Waals surface area contributed by atoms with Crippen LogP contribution in [0.15, 0.2) is 48.4 Å². The van der Waals surface area contributed by atoms with Crippen LogP contribution in [0.1, 0.15) is 20.8 Å². The van der Waals surface area contributed by atoms with Crippen LogP contribution in [-0.4, -0.2) is 5.91 Å². The van der Waals surface area contributed by atoms with E-state index in [4.69, 9.17) is 0 Å². The molecule has 0 fully saturated rings. The fraction of sp³-hybridized carbons (Fsp3) is 0.0714. The van der Waals surface area contributed by atoms with Gasteiger partial charge in [-0.25, -0.2) is 0 Å². The van der Waals surface area contributed by atoms with Gasteiger partial charge in [-0.2, -0.15) is 0 Å².